The summed E-state index contributed by atoms with van der Waals surface area (Å²) in [4.78, 5) is 57.9. The lowest BCUT2D eigenvalue weighted by molar-refractivity contribution is -0.177. The number of para-hydroxylation sites is 2. The Morgan fingerprint density at radius 1 is 0.738 bits per heavy atom. The molecule has 10 nitrogen and oxygen atoms in total. The first kappa shape index (κ1) is 27.8. The first-order chi connectivity index (χ1) is 20.1. The van der Waals surface area contributed by atoms with Crippen molar-refractivity contribution in [1.82, 2.24) is 4.57 Å². The second-order valence-corrected chi connectivity index (χ2v) is 11.6. The lowest BCUT2D eigenvalue weighted by Crippen LogP contribution is -2.58. The van der Waals surface area contributed by atoms with Gasteiger partial charge in [-0.1, -0.05) is 36.4 Å². The van der Waals surface area contributed by atoms with Crippen LogP contribution in [-0.4, -0.2) is 70.0 Å². The molecule has 0 unspecified atom stereocenters. The summed E-state index contributed by atoms with van der Waals surface area (Å²) in [6, 6.07) is 14.7. The monoisotopic (exact) mass is 574 g/mol. The van der Waals surface area contributed by atoms with Crippen LogP contribution in [0, 0.1) is 16.7 Å². The Hall–Kier alpha value is -4.34. The summed E-state index contributed by atoms with van der Waals surface area (Å²) >= 11 is 0. The van der Waals surface area contributed by atoms with Gasteiger partial charge in [0.25, 0.3) is 0 Å². The van der Waals surface area contributed by atoms with Crippen molar-refractivity contribution < 1.29 is 38.1 Å². The fourth-order valence-electron chi connectivity index (χ4n) is 9.06. The number of anilines is 1. The normalized spacial score (nSPS) is 26.2. The molecule has 6 rings (SSSR count). The summed E-state index contributed by atoms with van der Waals surface area (Å²) in [6.07, 6.45) is 1.89. The Kier molecular flexibility index (Phi) is 6.18. The molecule has 0 amide bonds. The molecule has 2 saturated carbocycles. The third-order valence-corrected chi connectivity index (χ3v) is 10.4. The standard InChI is InChI=1S/C32H34N2O8/c1-33-17-19(18-11-7-9-13-22(18)33)21-15-30(26(35)39-3,27(36)40-4)24-16-31(28(37)41-5,29(38)42-6)25-32(21,24)20-12-8-10-14-23(20)34(25)2/h7-14,17,21,24-25H,15-16H2,1-6H3/t21-,24-,25+,32+/m0/s1. The molecule has 3 aliphatic rings. The van der Waals surface area contributed by atoms with Crippen molar-refractivity contribution in [3.63, 3.8) is 0 Å². The van der Waals surface area contributed by atoms with E-state index < -0.39 is 58.0 Å². The molecule has 2 fully saturated rings. The Balaban J connectivity index is 1.80. The van der Waals surface area contributed by atoms with E-state index in [9.17, 15) is 19.2 Å². The van der Waals surface area contributed by atoms with Gasteiger partial charge in [-0.2, -0.15) is 0 Å². The quantitative estimate of drug-likeness (QED) is 0.258. The predicted molar refractivity (Wildman–Crippen MR) is 152 cm³/mol. The van der Waals surface area contributed by atoms with Gasteiger partial charge >= 0.3 is 23.9 Å². The average Bonchev–Trinajstić information content (AvgIpc) is 3.70. The number of aryl methyl sites for hydroxylation is 1. The first-order valence-electron chi connectivity index (χ1n) is 13.8. The van der Waals surface area contributed by atoms with E-state index >= 15 is 0 Å². The minimum Gasteiger partial charge on any atom is -0.468 e. The summed E-state index contributed by atoms with van der Waals surface area (Å²) in [5, 5.41) is 0.947. The molecule has 0 radical (unpaired) electrons. The summed E-state index contributed by atoms with van der Waals surface area (Å²) in [7, 11) is 8.70. The van der Waals surface area contributed by atoms with Crippen LogP contribution in [0.4, 0.5) is 5.69 Å². The number of esters is 4. The van der Waals surface area contributed by atoms with Crippen molar-refractivity contribution in [2.45, 2.75) is 30.2 Å². The smallest absolute Gasteiger partial charge is 0.325 e. The topological polar surface area (TPSA) is 113 Å². The highest BCUT2D eigenvalue weighted by Gasteiger charge is 2.85. The number of methoxy groups -OCH3 is 4. The molecule has 1 aliphatic heterocycles. The van der Waals surface area contributed by atoms with E-state index in [-0.39, 0.29) is 12.8 Å². The van der Waals surface area contributed by atoms with Crippen LogP contribution in [-0.2, 0) is 50.6 Å². The zero-order valence-corrected chi connectivity index (χ0v) is 24.5. The highest BCUT2D eigenvalue weighted by atomic mass is 16.6. The third kappa shape index (κ3) is 2.99. The van der Waals surface area contributed by atoms with Crippen LogP contribution in [0.25, 0.3) is 10.9 Å². The van der Waals surface area contributed by atoms with Crippen LogP contribution in [0.5, 0.6) is 0 Å². The lowest BCUT2D eigenvalue weighted by Gasteiger charge is -2.42. The van der Waals surface area contributed by atoms with E-state index in [4.69, 9.17) is 18.9 Å². The molecule has 2 heterocycles. The zero-order valence-electron chi connectivity index (χ0n) is 24.5. The third-order valence-electron chi connectivity index (χ3n) is 10.4. The van der Waals surface area contributed by atoms with Crippen LogP contribution in [0.3, 0.4) is 0 Å². The van der Waals surface area contributed by atoms with Crippen LogP contribution < -0.4 is 4.90 Å². The van der Waals surface area contributed by atoms with E-state index in [1.54, 1.807) is 0 Å². The van der Waals surface area contributed by atoms with Crippen LogP contribution >= 0.6 is 0 Å². The number of aromatic nitrogens is 1. The minimum atomic E-state index is -1.86. The second kappa shape index (κ2) is 9.34. The number of likely N-dealkylation sites (N-methyl/N-ethyl adjacent to an activating group) is 1. The molecule has 0 N–H and O–H groups in total. The number of carbonyl (C=O) groups is 4. The molecule has 0 saturated heterocycles. The maximum absolute atomic E-state index is 14.0. The zero-order chi connectivity index (χ0) is 30.2. The number of benzene rings is 2. The minimum absolute atomic E-state index is 0.0577. The molecular formula is C32H34N2O8. The van der Waals surface area contributed by atoms with Gasteiger partial charge in [-0.25, -0.2) is 0 Å². The molecule has 42 heavy (non-hydrogen) atoms. The molecule has 1 aromatic heterocycles. The maximum Gasteiger partial charge on any atom is 0.325 e. The number of fused-ring (bicyclic) bond motifs is 2. The summed E-state index contributed by atoms with van der Waals surface area (Å²) in [5.74, 6) is -4.50. The van der Waals surface area contributed by atoms with Crippen molar-refractivity contribution in [3.8, 4) is 0 Å². The highest BCUT2D eigenvalue weighted by Crippen LogP contribution is 2.77. The van der Waals surface area contributed by atoms with Crippen molar-refractivity contribution in [2.24, 2.45) is 23.8 Å². The van der Waals surface area contributed by atoms with Crippen LogP contribution in [0.1, 0.15) is 29.9 Å². The van der Waals surface area contributed by atoms with Gasteiger partial charge < -0.3 is 28.4 Å². The Bertz CT molecular complexity index is 1610. The molecular weight excluding hydrogens is 540 g/mol. The largest absolute Gasteiger partial charge is 0.468 e. The number of hydrogen-bond donors (Lipinski definition) is 0. The van der Waals surface area contributed by atoms with E-state index in [0.29, 0.717) is 0 Å². The van der Waals surface area contributed by atoms with Gasteiger partial charge in [0.1, 0.15) is 0 Å². The van der Waals surface area contributed by atoms with Crippen molar-refractivity contribution in [1.29, 1.82) is 0 Å². The fourth-order valence-corrected chi connectivity index (χ4v) is 9.06. The molecule has 220 valence electrons. The molecule has 3 aromatic rings. The van der Waals surface area contributed by atoms with Gasteiger partial charge in [0.05, 0.1) is 34.5 Å². The maximum atomic E-state index is 14.0. The van der Waals surface area contributed by atoms with Gasteiger partial charge in [0.2, 0.25) is 0 Å². The molecule has 1 spiro atoms. The Labute approximate surface area is 243 Å². The van der Waals surface area contributed by atoms with E-state index in [0.717, 1.165) is 27.7 Å². The van der Waals surface area contributed by atoms with Crippen LogP contribution in [0.2, 0.25) is 0 Å². The molecule has 2 aromatic carbocycles. The van der Waals surface area contributed by atoms with Gasteiger partial charge in [-0.05, 0) is 47.9 Å². The highest BCUT2D eigenvalue weighted by molar-refractivity contribution is 6.07. The van der Waals surface area contributed by atoms with E-state index in [2.05, 4.69) is 0 Å². The molecule has 0 bridgehead atoms. The number of ether oxygens (including phenoxy) is 4. The van der Waals surface area contributed by atoms with Crippen molar-refractivity contribution in [2.75, 3.05) is 40.4 Å². The van der Waals surface area contributed by atoms with Crippen molar-refractivity contribution >= 4 is 40.5 Å². The van der Waals surface area contributed by atoms with Gasteiger partial charge in [0.15, 0.2) is 10.8 Å². The fraction of sp³-hybridized carbons (Fsp3) is 0.438. The van der Waals surface area contributed by atoms with Crippen LogP contribution in [0.15, 0.2) is 54.7 Å². The van der Waals surface area contributed by atoms with E-state index in [1.165, 1.54) is 28.4 Å². The summed E-state index contributed by atoms with van der Waals surface area (Å²) in [6.45, 7) is 0. The lowest BCUT2D eigenvalue weighted by atomic mass is 9.63. The van der Waals surface area contributed by atoms with E-state index in [1.807, 2.05) is 78.3 Å². The summed E-state index contributed by atoms with van der Waals surface area (Å²) in [5.41, 5.74) is -1.29. The Morgan fingerprint density at radius 3 is 1.90 bits per heavy atom. The number of nitrogens with zero attached hydrogens (tertiary/aromatic N) is 2. The Morgan fingerprint density at radius 2 is 1.29 bits per heavy atom. The molecule has 2 aliphatic carbocycles. The van der Waals surface area contributed by atoms with Gasteiger partial charge in [0, 0.05) is 42.3 Å². The molecule has 10 heteroatoms. The first-order valence-corrected chi connectivity index (χ1v) is 13.8. The predicted octanol–water partition coefficient (Wildman–Crippen LogP) is 3.11. The number of carbonyl (C=O) groups excluding carboxylic acids is 4. The van der Waals surface area contributed by atoms with Gasteiger partial charge in [-0.15, -0.1) is 0 Å². The van der Waals surface area contributed by atoms with Crippen molar-refractivity contribution in [3.05, 3.63) is 65.9 Å². The number of rotatable bonds is 5. The SMILES string of the molecule is COC(=O)C1(C(=O)OC)C[C@H]2C(C(=O)OC)(C(=O)OC)C[C@@H](c3cn(C)c4ccccc34)[C@]23c2ccccc2N(C)[C@H]13. The van der Waals surface area contributed by atoms with Gasteiger partial charge in [-0.3, -0.25) is 19.2 Å². The second-order valence-electron chi connectivity index (χ2n) is 11.6. The number of hydrogen-bond acceptors (Lipinski definition) is 9. The average molecular weight is 575 g/mol. The molecule has 4 atom stereocenters. The summed E-state index contributed by atoms with van der Waals surface area (Å²) < 4.78 is 23.4.